The fourth-order valence-electron chi connectivity index (χ4n) is 6.98. The van der Waals surface area contributed by atoms with Crippen LogP contribution in [-0.4, -0.2) is 10.2 Å². The normalized spacial score (nSPS) is 12.8. The SMILES string of the molecule is Oc1ccccc1-c1cccc2c(-c3cc(C(F)(F)F)cc(C(F)(F)F)c3)c3c(-c4ccccc4O)cccc3c(-c3cc(C(F)(F)F)cc(C(F)(F)F)c3)c12. The van der Waals surface area contributed by atoms with Gasteiger partial charge >= 0.3 is 24.7 Å². The predicted molar refractivity (Wildman–Crippen MR) is 187 cm³/mol. The summed E-state index contributed by atoms with van der Waals surface area (Å²) < 4.78 is 172. The Labute approximate surface area is 308 Å². The van der Waals surface area contributed by atoms with Crippen molar-refractivity contribution in [3.8, 4) is 56.0 Å². The maximum Gasteiger partial charge on any atom is 0.416 e. The van der Waals surface area contributed by atoms with E-state index in [2.05, 4.69) is 0 Å². The highest BCUT2D eigenvalue weighted by Crippen LogP contribution is 2.53. The zero-order valence-corrected chi connectivity index (χ0v) is 28.0. The van der Waals surface area contributed by atoms with Gasteiger partial charge < -0.3 is 10.2 Å². The van der Waals surface area contributed by atoms with E-state index in [-0.39, 0.29) is 67.1 Å². The van der Waals surface area contributed by atoms with Crippen molar-refractivity contribution in [2.45, 2.75) is 24.7 Å². The molecule has 0 unspecified atom stereocenters. The minimum absolute atomic E-state index is 0.00967. The molecule has 0 heterocycles. The molecule has 2 nitrogen and oxygen atoms in total. The Kier molecular flexibility index (Phi) is 9.01. The summed E-state index contributed by atoms with van der Waals surface area (Å²) in [5, 5.41) is 21.2. The molecule has 56 heavy (non-hydrogen) atoms. The highest BCUT2D eigenvalue weighted by Gasteiger charge is 2.39. The Morgan fingerprint density at radius 2 is 0.607 bits per heavy atom. The van der Waals surface area contributed by atoms with Gasteiger partial charge in [-0.25, -0.2) is 0 Å². The summed E-state index contributed by atoms with van der Waals surface area (Å²) in [5.74, 6) is -0.817. The van der Waals surface area contributed by atoms with Crippen molar-refractivity contribution >= 4 is 21.5 Å². The number of phenolic OH excluding ortho intramolecular Hbond substituents is 2. The quantitative estimate of drug-likeness (QED) is 0.138. The van der Waals surface area contributed by atoms with E-state index >= 15 is 0 Å². The van der Waals surface area contributed by atoms with E-state index in [0.29, 0.717) is 24.3 Å². The van der Waals surface area contributed by atoms with Crippen LogP contribution in [0.2, 0.25) is 0 Å². The Morgan fingerprint density at radius 1 is 0.321 bits per heavy atom. The summed E-state index contributed by atoms with van der Waals surface area (Å²) >= 11 is 0. The first-order chi connectivity index (χ1) is 26.1. The van der Waals surface area contributed by atoms with Crippen LogP contribution in [0.5, 0.6) is 11.5 Å². The lowest BCUT2D eigenvalue weighted by atomic mass is 9.80. The first-order valence-corrected chi connectivity index (χ1v) is 16.3. The molecule has 14 heteroatoms. The van der Waals surface area contributed by atoms with E-state index in [9.17, 15) is 62.9 Å². The minimum Gasteiger partial charge on any atom is -0.507 e. The van der Waals surface area contributed by atoms with E-state index in [1.54, 1.807) is 0 Å². The summed E-state index contributed by atoms with van der Waals surface area (Å²) in [6.45, 7) is 0. The van der Waals surface area contributed by atoms with Crippen LogP contribution >= 0.6 is 0 Å². The zero-order valence-electron chi connectivity index (χ0n) is 28.0. The molecule has 7 rings (SSSR count). The van der Waals surface area contributed by atoms with Crippen LogP contribution in [-0.2, 0) is 24.7 Å². The summed E-state index contributed by atoms with van der Waals surface area (Å²) in [7, 11) is 0. The summed E-state index contributed by atoms with van der Waals surface area (Å²) in [6.07, 6.45) is -21.2. The zero-order chi connectivity index (χ0) is 40.5. The smallest absolute Gasteiger partial charge is 0.416 e. The van der Waals surface area contributed by atoms with Gasteiger partial charge in [0.25, 0.3) is 0 Å². The van der Waals surface area contributed by atoms with Crippen LogP contribution in [0, 0.1) is 0 Å². The molecule has 7 aromatic carbocycles. The Morgan fingerprint density at radius 3 is 0.893 bits per heavy atom. The second-order valence-electron chi connectivity index (χ2n) is 12.8. The maximum absolute atomic E-state index is 14.3. The molecule has 0 aromatic heterocycles. The number of rotatable bonds is 4. The van der Waals surface area contributed by atoms with Crippen LogP contribution in [0.1, 0.15) is 22.3 Å². The fourth-order valence-corrected chi connectivity index (χ4v) is 6.98. The predicted octanol–water partition coefficient (Wildman–Crippen LogP) is 14.1. The van der Waals surface area contributed by atoms with Gasteiger partial charge in [-0.05, 0) is 103 Å². The average Bonchev–Trinajstić information content (AvgIpc) is 3.12. The average molecular weight is 787 g/mol. The molecule has 0 fully saturated rings. The molecule has 0 aliphatic heterocycles. The summed E-state index contributed by atoms with van der Waals surface area (Å²) in [5.41, 5.74) is -8.83. The molecule has 0 saturated carbocycles. The van der Waals surface area contributed by atoms with Gasteiger partial charge in [0.05, 0.1) is 22.3 Å². The van der Waals surface area contributed by atoms with E-state index in [1.165, 1.54) is 84.9 Å². The first-order valence-electron chi connectivity index (χ1n) is 16.3. The molecule has 0 amide bonds. The van der Waals surface area contributed by atoms with Crippen LogP contribution in [0.4, 0.5) is 52.7 Å². The minimum atomic E-state index is -5.31. The third-order valence-corrected chi connectivity index (χ3v) is 9.31. The van der Waals surface area contributed by atoms with Gasteiger partial charge in [0.15, 0.2) is 0 Å². The van der Waals surface area contributed by atoms with E-state index in [4.69, 9.17) is 0 Å². The second-order valence-corrected chi connectivity index (χ2v) is 12.8. The van der Waals surface area contributed by atoms with Crippen LogP contribution in [0.3, 0.4) is 0 Å². The van der Waals surface area contributed by atoms with Crippen molar-refractivity contribution in [3.63, 3.8) is 0 Å². The molecule has 0 saturated heterocycles. The number of hydrogen-bond acceptors (Lipinski definition) is 2. The topological polar surface area (TPSA) is 40.5 Å². The highest BCUT2D eigenvalue weighted by atomic mass is 19.4. The van der Waals surface area contributed by atoms with Gasteiger partial charge in [-0.1, -0.05) is 72.8 Å². The number of para-hydroxylation sites is 2. The van der Waals surface area contributed by atoms with Gasteiger partial charge in [0.1, 0.15) is 11.5 Å². The number of alkyl halides is 12. The van der Waals surface area contributed by atoms with Gasteiger partial charge in [-0.15, -0.1) is 0 Å². The van der Waals surface area contributed by atoms with Crippen molar-refractivity contribution in [2.24, 2.45) is 0 Å². The lowest BCUT2D eigenvalue weighted by molar-refractivity contribution is -0.144. The molecule has 0 spiro atoms. The number of aromatic hydroxyl groups is 2. The van der Waals surface area contributed by atoms with Crippen LogP contribution in [0.25, 0.3) is 66.1 Å². The first kappa shape index (κ1) is 38.1. The molecule has 286 valence electrons. The van der Waals surface area contributed by atoms with E-state index < -0.39 is 69.6 Å². The molecule has 2 N–H and O–H groups in total. The van der Waals surface area contributed by atoms with Crippen LogP contribution in [0.15, 0.2) is 121 Å². The molecular weight excluding hydrogens is 764 g/mol. The molecule has 0 aliphatic carbocycles. The van der Waals surface area contributed by atoms with Gasteiger partial charge in [0, 0.05) is 11.1 Å². The number of hydrogen-bond donors (Lipinski definition) is 2. The lowest BCUT2D eigenvalue weighted by Crippen LogP contribution is -2.11. The number of fused-ring (bicyclic) bond motifs is 2. The molecule has 0 radical (unpaired) electrons. The fraction of sp³-hybridized carbons (Fsp3) is 0.0952. The molecule has 0 atom stereocenters. The number of phenols is 2. The molecule has 0 aliphatic rings. The Bertz CT molecular complexity index is 2420. The van der Waals surface area contributed by atoms with Crippen LogP contribution < -0.4 is 0 Å². The largest absolute Gasteiger partial charge is 0.507 e. The van der Waals surface area contributed by atoms with Gasteiger partial charge in [0.2, 0.25) is 0 Å². The van der Waals surface area contributed by atoms with Crippen molar-refractivity contribution in [1.29, 1.82) is 0 Å². The molecular formula is C42H22F12O2. The Balaban J connectivity index is 1.82. The second kappa shape index (κ2) is 13.2. The highest BCUT2D eigenvalue weighted by molar-refractivity contribution is 6.27. The standard InChI is InChI=1S/C42H22F12O2/c43-39(44,45)23-15-21(16-24(19-23)40(46,47)48)35-32-12-6-10-30(28-8-2-4-14-34(28)56)38(32)36(22-17-25(41(49,50)51)20-26(18-22)42(52,53)54)31-11-5-9-29(37(31)35)27-7-1-3-13-33(27)55/h1-20,55-56H. The third kappa shape index (κ3) is 6.84. The lowest BCUT2D eigenvalue weighted by Gasteiger charge is -2.24. The van der Waals surface area contributed by atoms with Crippen molar-refractivity contribution in [3.05, 3.63) is 144 Å². The summed E-state index contributed by atoms with van der Waals surface area (Å²) in [6, 6.07) is 20.5. The monoisotopic (exact) mass is 786 g/mol. The third-order valence-electron chi connectivity index (χ3n) is 9.31. The van der Waals surface area contributed by atoms with Gasteiger partial charge in [-0.3, -0.25) is 0 Å². The van der Waals surface area contributed by atoms with E-state index in [1.807, 2.05) is 0 Å². The maximum atomic E-state index is 14.3. The van der Waals surface area contributed by atoms with Crippen molar-refractivity contribution < 1.29 is 62.9 Å². The molecule has 0 bridgehead atoms. The number of halogens is 12. The summed E-state index contributed by atoms with van der Waals surface area (Å²) in [4.78, 5) is 0. The Hall–Kier alpha value is -6.18. The number of benzene rings is 7. The van der Waals surface area contributed by atoms with E-state index in [0.717, 1.165) is 0 Å². The van der Waals surface area contributed by atoms with Gasteiger partial charge in [-0.2, -0.15) is 52.7 Å². The van der Waals surface area contributed by atoms with Crippen molar-refractivity contribution in [1.82, 2.24) is 0 Å². The van der Waals surface area contributed by atoms with Crippen molar-refractivity contribution in [2.75, 3.05) is 0 Å². The molecule has 7 aromatic rings.